The van der Waals surface area contributed by atoms with Crippen molar-refractivity contribution >= 4 is 23.2 Å². The number of amides is 2. The molecule has 0 bridgehead atoms. The van der Waals surface area contributed by atoms with Gasteiger partial charge in [0.05, 0.1) is 23.1 Å². The number of furan rings is 1. The lowest BCUT2D eigenvalue weighted by Gasteiger charge is -2.15. The molecule has 1 aromatic heterocycles. The molecule has 0 unspecified atom stereocenters. The van der Waals surface area contributed by atoms with E-state index in [0.29, 0.717) is 18.4 Å². The van der Waals surface area contributed by atoms with Crippen LogP contribution in [-0.4, -0.2) is 34.7 Å². The molecule has 0 aliphatic rings. The summed E-state index contributed by atoms with van der Waals surface area (Å²) < 4.78 is 18.9. The second-order valence-electron chi connectivity index (χ2n) is 5.78. The molecule has 0 fully saturated rings. The van der Waals surface area contributed by atoms with Crippen molar-refractivity contribution in [2.24, 2.45) is 0 Å². The summed E-state index contributed by atoms with van der Waals surface area (Å²) in [4.78, 5) is 36.3. The van der Waals surface area contributed by atoms with E-state index in [1.807, 2.05) is 19.3 Å². The largest absolute Gasteiger partial charge is 0.454 e. The van der Waals surface area contributed by atoms with Gasteiger partial charge < -0.3 is 10.2 Å². The molecule has 2 rings (SSSR count). The van der Waals surface area contributed by atoms with Gasteiger partial charge in [-0.05, 0) is 31.3 Å². The van der Waals surface area contributed by atoms with E-state index in [0.717, 1.165) is 19.2 Å². The lowest BCUT2D eigenvalue weighted by atomic mass is 10.1. The Morgan fingerprint density at radius 3 is 2.46 bits per heavy atom. The molecule has 0 aliphatic carbocycles. The van der Waals surface area contributed by atoms with Crippen LogP contribution in [-0.2, 0) is 6.54 Å². The Labute approximate surface area is 159 Å². The minimum Gasteiger partial charge on any atom is -0.454 e. The predicted octanol–water partition coefficient (Wildman–Crippen LogP) is 1.83. The molecule has 28 heavy (non-hydrogen) atoms. The molecule has 2 amide bonds. The predicted molar refractivity (Wildman–Crippen MR) is 97.7 cm³/mol. The van der Waals surface area contributed by atoms with E-state index in [-0.39, 0.29) is 5.76 Å². The van der Waals surface area contributed by atoms with E-state index in [4.69, 9.17) is 10.2 Å². The lowest BCUT2D eigenvalue weighted by Crippen LogP contribution is -2.41. The topological polar surface area (TPSA) is 144 Å². The number of benzene rings is 1. The number of carbonyl (C=O) groups is 2. The van der Waals surface area contributed by atoms with Gasteiger partial charge in [0.15, 0.2) is 5.76 Å². The van der Waals surface area contributed by atoms with E-state index in [2.05, 4.69) is 10.3 Å². The van der Waals surface area contributed by atoms with E-state index in [9.17, 15) is 24.1 Å². The van der Waals surface area contributed by atoms with Gasteiger partial charge in [0.25, 0.3) is 11.6 Å². The molecule has 10 nitrogen and oxygen atoms in total. The zero-order valence-electron chi connectivity index (χ0n) is 15.3. The average molecular weight is 393 g/mol. The third-order valence-electron chi connectivity index (χ3n) is 4.01. The van der Waals surface area contributed by atoms with Crippen LogP contribution in [0.3, 0.4) is 0 Å². The van der Waals surface area contributed by atoms with Gasteiger partial charge in [-0.3, -0.25) is 35.5 Å². The van der Waals surface area contributed by atoms with E-state index in [1.54, 1.807) is 6.07 Å². The first kappa shape index (κ1) is 20.8. The molecule has 0 aliphatic heterocycles. The summed E-state index contributed by atoms with van der Waals surface area (Å²) in [6.07, 6.45) is 0. The van der Waals surface area contributed by atoms with Crippen LogP contribution in [0.4, 0.5) is 15.8 Å². The third kappa shape index (κ3) is 4.82. The highest BCUT2D eigenvalue weighted by Gasteiger charge is 2.22. The number of hydrogen-bond donors (Lipinski definition) is 3. The van der Waals surface area contributed by atoms with Crippen molar-refractivity contribution in [1.82, 2.24) is 15.8 Å². The highest BCUT2D eigenvalue weighted by Crippen LogP contribution is 2.26. The molecule has 0 saturated heterocycles. The fourth-order valence-electron chi connectivity index (χ4n) is 2.44. The van der Waals surface area contributed by atoms with Crippen molar-refractivity contribution in [3.63, 3.8) is 0 Å². The minimum absolute atomic E-state index is 0.0411. The van der Waals surface area contributed by atoms with Gasteiger partial charge in [0.2, 0.25) is 0 Å². The number of nitrogens with zero attached hydrogens (tertiary/aromatic N) is 2. The number of hydrazine groups is 1. The van der Waals surface area contributed by atoms with Crippen LogP contribution >= 0.6 is 0 Å². The fourth-order valence-corrected chi connectivity index (χ4v) is 2.44. The molecule has 2 aromatic rings. The number of nitrogens with two attached hydrogens (primary N) is 1. The summed E-state index contributed by atoms with van der Waals surface area (Å²) in [7, 11) is 0. The first-order valence-electron chi connectivity index (χ1n) is 8.41. The van der Waals surface area contributed by atoms with Crippen molar-refractivity contribution in [3.05, 3.63) is 57.3 Å². The summed E-state index contributed by atoms with van der Waals surface area (Å²) in [6.45, 7) is 6.15. The quantitative estimate of drug-likeness (QED) is 0.370. The van der Waals surface area contributed by atoms with Gasteiger partial charge in [0.1, 0.15) is 17.3 Å². The molecule has 11 heteroatoms. The molecule has 0 atom stereocenters. The highest BCUT2D eigenvalue weighted by atomic mass is 19.1. The first-order valence-corrected chi connectivity index (χ1v) is 8.41. The van der Waals surface area contributed by atoms with Gasteiger partial charge >= 0.3 is 5.91 Å². The van der Waals surface area contributed by atoms with E-state index >= 15 is 0 Å². The Kier molecular flexibility index (Phi) is 6.66. The van der Waals surface area contributed by atoms with E-state index in [1.165, 1.54) is 6.07 Å². The summed E-state index contributed by atoms with van der Waals surface area (Å²) in [6, 6.07) is 4.43. The van der Waals surface area contributed by atoms with Gasteiger partial charge in [-0.15, -0.1) is 0 Å². The number of rotatable bonds is 7. The van der Waals surface area contributed by atoms with E-state index < -0.39 is 39.5 Å². The van der Waals surface area contributed by atoms with Crippen molar-refractivity contribution < 1.29 is 23.3 Å². The van der Waals surface area contributed by atoms with Crippen LogP contribution < -0.4 is 16.6 Å². The van der Waals surface area contributed by atoms with Crippen LogP contribution in [0.25, 0.3) is 0 Å². The molecular weight excluding hydrogens is 373 g/mol. The van der Waals surface area contributed by atoms with Crippen LogP contribution in [0.1, 0.15) is 40.5 Å². The van der Waals surface area contributed by atoms with Gasteiger partial charge in [-0.25, -0.2) is 4.39 Å². The second kappa shape index (κ2) is 8.95. The van der Waals surface area contributed by atoms with Gasteiger partial charge in [0, 0.05) is 0 Å². The molecule has 0 saturated carbocycles. The zero-order chi connectivity index (χ0) is 20.8. The highest BCUT2D eigenvalue weighted by molar-refractivity contribution is 6.02. The Morgan fingerprint density at radius 1 is 1.21 bits per heavy atom. The maximum Gasteiger partial charge on any atom is 0.305 e. The Bertz CT molecular complexity index is 894. The summed E-state index contributed by atoms with van der Waals surface area (Å²) in [5, 5.41) is 10.9. The Hall–Kier alpha value is -3.47. The standard InChI is InChI=1S/C17H20FN5O5/c1-3-22(4-2)9-11-5-6-14(28-11)17(25)21-20-16(24)12-7-10(18)8-13(15(12)19)23(26)27/h5-8H,3-4,9,19H2,1-2H3,(H,20,24)(H,21,25). The summed E-state index contributed by atoms with van der Waals surface area (Å²) in [5.74, 6) is -2.23. The van der Waals surface area contributed by atoms with Crippen LogP contribution in [0.2, 0.25) is 0 Å². The second-order valence-corrected chi connectivity index (χ2v) is 5.78. The van der Waals surface area contributed by atoms with Crippen molar-refractivity contribution in [2.75, 3.05) is 18.8 Å². The summed E-state index contributed by atoms with van der Waals surface area (Å²) in [5.41, 5.74) is 7.92. The fraction of sp³-hybridized carbons (Fsp3) is 0.294. The molecule has 4 N–H and O–H groups in total. The van der Waals surface area contributed by atoms with Crippen molar-refractivity contribution in [2.45, 2.75) is 20.4 Å². The number of halogens is 1. The molecule has 0 radical (unpaired) electrons. The Morgan fingerprint density at radius 2 is 1.86 bits per heavy atom. The van der Waals surface area contributed by atoms with Crippen LogP contribution in [0.5, 0.6) is 0 Å². The van der Waals surface area contributed by atoms with Crippen molar-refractivity contribution in [3.8, 4) is 0 Å². The average Bonchev–Trinajstić information content (AvgIpc) is 3.13. The maximum absolute atomic E-state index is 13.5. The zero-order valence-corrected chi connectivity index (χ0v) is 15.3. The maximum atomic E-state index is 13.5. The number of hydrogen-bond acceptors (Lipinski definition) is 7. The van der Waals surface area contributed by atoms with Gasteiger partial charge in [-0.1, -0.05) is 13.8 Å². The molecule has 1 heterocycles. The number of carbonyl (C=O) groups excluding carboxylic acids is 2. The van der Waals surface area contributed by atoms with Gasteiger partial charge in [-0.2, -0.15) is 0 Å². The lowest BCUT2D eigenvalue weighted by molar-refractivity contribution is -0.384. The van der Waals surface area contributed by atoms with Crippen LogP contribution in [0, 0.1) is 15.9 Å². The molecule has 150 valence electrons. The molecule has 0 spiro atoms. The number of nitro benzene ring substituents is 1. The van der Waals surface area contributed by atoms with Crippen LogP contribution in [0.15, 0.2) is 28.7 Å². The smallest absolute Gasteiger partial charge is 0.305 e. The number of nitrogen functional groups attached to an aromatic ring is 1. The number of anilines is 1. The SMILES string of the molecule is CCN(CC)Cc1ccc(C(=O)NNC(=O)c2cc(F)cc([N+](=O)[O-])c2N)o1. The van der Waals surface area contributed by atoms with Crippen molar-refractivity contribution in [1.29, 1.82) is 0 Å². The molecular formula is C17H20FN5O5. The minimum atomic E-state index is -1.01. The molecule has 1 aromatic carbocycles. The summed E-state index contributed by atoms with van der Waals surface area (Å²) >= 11 is 0. The Balaban J connectivity index is 2.04. The normalized spacial score (nSPS) is 10.7. The first-order chi connectivity index (χ1) is 13.3. The number of nitrogens with one attached hydrogen (secondary N) is 2. The number of nitro groups is 1. The monoisotopic (exact) mass is 393 g/mol. The third-order valence-corrected chi connectivity index (χ3v) is 4.01.